The maximum atomic E-state index is 13.6. The molecule has 0 amide bonds. The van der Waals surface area contributed by atoms with Gasteiger partial charge in [0.2, 0.25) is 0 Å². The molecule has 0 saturated carbocycles. The highest BCUT2D eigenvalue weighted by Crippen LogP contribution is 2.19. The van der Waals surface area contributed by atoms with Gasteiger partial charge in [0.25, 0.3) is 0 Å². The molecule has 0 fully saturated rings. The first-order valence-electron chi connectivity index (χ1n) is 8.08. The van der Waals surface area contributed by atoms with Crippen LogP contribution in [0.5, 0.6) is 0 Å². The monoisotopic (exact) mass is 503 g/mol. The van der Waals surface area contributed by atoms with Gasteiger partial charge in [0.1, 0.15) is 21.5 Å². The fourth-order valence-electron chi connectivity index (χ4n) is 2.14. The summed E-state index contributed by atoms with van der Waals surface area (Å²) in [4.78, 5) is 4.08. The van der Waals surface area contributed by atoms with E-state index in [9.17, 15) is 17.2 Å². The lowest BCUT2D eigenvalue weighted by atomic mass is 9.90. The van der Waals surface area contributed by atoms with Crippen LogP contribution in [0.25, 0.3) is 0 Å². The molecule has 0 saturated heterocycles. The van der Waals surface area contributed by atoms with Crippen LogP contribution in [0.3, 0.4) is 0 Å². The molecule has 0 atom stereocenters. The van der Waals surface area contributed by atoms with E-state index in [1.54, 1.807) is 7.05 Å². The van der Waals surface area contributed by atoms with E-state index in [0.29, 0.717) is 37.5 Å². The Morgan fingerprint density at radius 3 is 2.46 bits per heavy atom. The first kappa shape index (κ1) is 25.0. The number of halogens is 3. The van der Waals surface area contributed by atoms with Crippen LogP contribution in [0.15, 0.2) is 23.2 Å². The second kappa shape index (κ2) is 11.0. The molecule has 1 aromatic carbocycles. The molecule has 0 radical (unpaired) electrons. The van der Waals surface area contributed by atoms with Gasteiger partial charge >= 0.3 is 0 Å². The average molecular weight is 503 g/mol. The maximum Gasteiger partial charge on any atom is 0.191 e. The van der Waals surface area contributed by atoms with Crippen molar-refractivity contribution in [3.63, 3.8) is 0 Å². The first-order valence-corrected chi connectivity index (χ1v) is 10.1. The molecule has 0 bridgehead atoms. The number of nitrogens with one attached hydrogen (secondary N) is 2. The molecule has 0 aliphatic heterocycles. The standard InChI is InChI=1S/C17H27F2N3O2S.HI/c1-17(2,8-10-25(4,23)24)12-22-16(20-3)21-9-7-13-11-14(18)5-6-15(13)19;/h5-6,11H,7-10,12H2,1-4H3,(H2,20,21,22);1H. The van der Waals surface area contributed by atoms with Crippen molar-refractivity contribution in [2.24, 2.45) is 10.4 Å². The summed E-state index contributed by atoms with van der Waals surface area (Å²) in [5, 5.41) is 6.18. The normalized spacial score (nSPS) is 12.5. The van der Waals surface area contributed by atoms with E-state index in [-0.39, 0.29) is 35.1 Å². The van der Waals surface area contributed by atoms with Crippen LogP contribution in [0.1, 0.15) is 25.8 Å². The summed E-state index contributed by atoms with van der Waals surface area (Å²) in [6.45, 7) is 4.88. The maximum absolute atomic E-state index is 13.6. The van der Waals surface area contributed by atoms with Crippen LogP contribution in [-0.2, 0) is 16.3 Å². The van der Waals surface area contributed by atoms with E-state index in [0.717, 1.165) is 12.1 Å². The molecular formula is C17H28F2IN3O2S. The lowest BCUT2D eigenvalue weighted by Gasteiger charge is -2.25. The van der Waals surface area contributed by atoms with Gasteiger partial charge in [-0.25, -0.2) is 17.2 Å². The predicted molar refractivity (Wildman–Crippen MR) is 113 cm³/mol. The van der Waals surface area contributed by atoms with E-state index in [4.69, 9.17) is 0 Å². The van der Waals surface area contributed by atoms with Gasteiger partial charge in [0, 0.05) is 26.4 Å². The number of hydrogen-bond acceptors (Lipinski definition) is 3. The van der Waals surface area contributed by atoms with Crippen molar-refractivity contribution in [1.82, 2.24) is 10.6 Å². The van der Waals surface area contributed by atoms with Crippen LogP contribution in [-0.4, -0.2) is 46.5 Å². The smallest absolute Gasteiger partial charge is 0.191 e. The SMILES string of the molecule is CN=C(NCCc1cc(F)ccc1F)NCC(C)(C)CCS(C)(=O)=O.I. The highest BCUT2D eigenvalue weighted by atomic mass is 127. The highest BCUT2D eigenvalue weighted by molar-refractivity contribution is 14.0. The Balaban J connectivity index is 0.00000625. The van der Waals surface area contributed by atoms with E-state index >= 15 is 0 Å². The molecular weight excluding hydrogens is 475 g/mol. The minimum Gasteiger partial charge on any atom is -0.356 e. The molecule has 0 spiro atoms. The predicted octanol–water partition coefficient (Wildman–Crippen LogP) is 2.75. The van der Waals surface area contributed by atoms with Gasteiger partial charge in [0.15, 0.2) is 5.96 Å². The van der Waals surface area contributed by atoms with Crippen LogP contribution >= 0.6 is 24.0 Å². The average Bonchev–Trinajstić information content (AvgIpc) is 2.51. The fourth-order valence-corrected chi connectivity index (χ4v) is 3.07. The van der Waals surface area contributed by atoms with Crippen molar-refractivity contribution in [2.45, 2.75) is 26.7 Å². The molecule has 0 aliphatic carbocycles. The largest absolute Gasteiger partial charge is 0.356 e. The van der Waals surface area contributed by atoms with Crippen LogP contribution in [0, 0.1) is 17.0 Å². The zero-order valence-corrected chi connectivity index (χ0v) is 18.8. The number of nitrogens with zero attached hydrogens (tertiary/aromatic N) is 1. The molecule has 1 aromatic rings. The highest BCUT2D eigenvalue weighted by Gasteiger charge is 2.20. The molecule has 0 unspecified atom stereocenters. The molecule has 0 heterocycles. The summed E-state index contributed by atoms with van der Waals surface area (Å²) < 4.78 is 49.3. The summed E-state index contributed by atoms with van der Waals surface area (Å²) in [6, 6.07) is 3.38. The summed E-state index contributed by atoms with van der Waals surface area (Å²) in [7, 11) is -1.38. The lowest BCUT2D eigenvalue weighted by molar-refractivity contribution is 0.348. The Kier molecular flexibility index (Phi) is 10.6. The van der Waals surface area contributed by atoms with Crippen molar-refractivity contribution in [3.05, 3.63) is 35.4 Å². The molecule has 5 nitrogen and oxygen atoms in total. The zero-order chi connectivity index (χ0) is 19.1. The second-order valence-corrected chi connectivity index (χ2v) is 9.14. The lowest BCUT2D eigenvalue weighted by Crippen LogP contribution is -2.43. The third kappa shape index (κ3) is 10.2. The molecule has 9 heteroatoms. The topological polar surface area (TPSA) is 70.6 Å². The fraction of sp³-hybridized carbons (Fsp3) is 0.588. The molecule has 1 rings (SSSR count). The Hall–Kier alpha value is -0.970. The molecule has 150 valence electrons. The minimum atomic E-state index is -2.99. The van der Waals surface area contributed by atoms with Gasteiger partial charge in [-0.1, -0.05) is 13.8 Å². The third-order valence-corrected chi connectivity index (χ3v) is 4.75. The van der Waals surface area contributed by atoms with Gasteiger partial charge in [-0.3, -0.25) is 4.99 Å². The molecule has 0 aromatic heterocycles. The number of benzene rings is 1. The number of aliphatic imine (C=N–C) groups is 1. The Morgan fingerprint density at radius 2 is 1.88 bits per heavy atom. The summed E-state index contributed by atoms with van der Waals surface area (Å²) in [5.41, 5.74) is 0.0754. The molecule has 2 N–H and O–H groups in total. The zero-order valence-electron chi connectivity index (χ0n) is 15.6. The van der Waals surface area contributed by atoms with Crippen molar-refractivity contribution >= 4 is 39.8 Å². The van der Waals surface area contributed by atoms with Crippen molar-refractivity contribution < 1.29 is 17.2 Å². The quantitative estimate of drug-likeness (QED) is 0.325. The van der Waals surface area contributed by atoms with Crippen molar-refractivity contribution in [2.75, 3.05) is 32.1 Å². The molecule has 26 heavy (non-hydrogen) atoms. The van der Waals surface area contributed by atoms with Crippen LogP contribution in [0.2, 0.25) is 0 Å². The van der Waals surface area contributed by atoms with Gasteiger partial charge in [-0.05, 0) is 42.0 Å². The number of sulfone groups is 1. The Bertz CT molecular complexity index is 710. The Labute approximate surface area is 172 Å². The second-order valence-electron chi connectivity index (χ2n) is 6.88. The van der Waals surface area contributed by atoms with E-state index in [1.165, 1.54) is 12.3 Å². The minimum absolute atomic E-state index is 0. The first-order chi connectivity index (χ1) is 11.5. The van der Waals surface area contributed by atoms with E-state index < -0.39 is 21.5 Å². The number of rotatable bonds is 8. The molecule has 0 aliphatic rings. The summed E-state index contributed by atoms with van der Waals surface area (Å²) >= 11 is 0. The van der Waals surface area contributed by atoms with E-state index in [2.05, 4.69) is 15.6 Å². The summed E-state index contributed by atoms with van der Waals surface area (Å²) in [5.74, 6) is -0.240. The third-order valence-electron chi connectivity index (χ3n) is 3.80. The number of hydrogen-bond donors (Lipinski definition) is 2. The summed E-state index contributed by atoms with van der Waals surface area (Å²) in [6.07, 6.45) is 2.08. The van der Waals surface area contributed by atoms with Crippen molar-refractivity contribution in [1.29, 1.82) is 0 Å². The van der Waals surface area contributed by atoms with E-state index in [1.807, 2.05) is 13.8 Å². The van der Waals surface area contributed by atoms with Gasteiger partial charge in [-0.2, -0.15) is 0 Å². The Morgan fingerprint density at radius 1 is 1.23 bits per heavy atom. The van der Waals surface area contributed by atoms with Crippen molar-refractivity contribution in [3.8, 4) is 0 Å². The van der Waals surface area contributed by atoms with Gasteiger partial charge in [0.05, 0.1) is 5.75 Å². The number of guanidine groups is 1. The van der Waals surface area contributed by atoms with Gasteiger partial charge < -0.3 is 10.6 Å². The van der Waals surface area contributed by atoms with Crippen LogP contribution in [0.4, 0.5) is 8.78 Å². The van der Waals surface area contributed by atoms with Gasteiger partial charge in [-0.15, -0.1) is 24.0 Å². The van der Waals surface area contributed by atoms with Crippen LogP contribution < -0.4 is 10.6 Å².